The lowest BCUT2D eigenvalue weighted by molar-refractivity contribution is -0.137. The Morgan fingerprint density at radius 2 is 2.10 bits per heavy atom. The molecule has 0 spiro atoms. The lowest BCUT2D eigenvalue weighted by Crippen LogP contribution is -2.37. The highest BCUT2D eigenvalue weighted by atomic mass is 79.9. The molecule has 6 nitrogen and oxygen atoms in total. The monoisotopic (exact) mass is 342 g/mol. The van der Waals surface area contributed by atoms with E-state index in [9.17, 15) is 9.59 Å². The van der Waals surface area contributed by atoms with Crippen molar-refractivity contribution in [1.82, 2.24) is 20.0 Å². The molecule has 1 saturated heterocycles. The van der Waals surface area contributed by atoms with Crippen molar-refractivity contribution >= 4 is 27.7 Å². The number of likely N-dealkylation sites (tertiary alicyclic amines) is 1. The van der Waals surface area contributed by atoms with Gasteiger partial charge in [0.15, 0.2) is 0 Å². The number of likely N-dealkylation sites (N-methyl/N-ethyl adjacent to an activating group) is 1. The molecule has 20 heavy (non-hydrogen) atoms. The summed E-state index contributed by atoms with van der Waals surface area (Å²) in [5, 5.41) is 7.67. The third kappa shape index (κ3) is 2.64. The molecule has 2 amide bonds. The van der Waals surface area contributed by atoms with Gasteiger partial charge in [0, 0.05) is 20.1 Å². The van der Waals surface area contributed by atoms with Crippen molar-refractivity contribution in [3.63, 3.8) is 0 Å². The second-order valence-electron chi connectivity index (χ2n) is 4.81. The molecule has 1 aromatic rings. The summed E-state index contributed by atoms with van der Waals surface area (Å²) in [6.45, 7) is 5.37. The average Bonchev–Trinajstić information content (AvgIpc) is 2.88. The number of hydrogen-bond acceptors (Lipinski definition) is 4. The van der Waals surface area contributed by atoms with E-state index >= 15 is 0 Å². The Hall–Kier alpha value is -1.21. The highest BCUT2D eigenvalue weighted by Crippen LogP contribution is 2.22. The van der Waals surface area contributed by atoms with Crippen LogP contribution in [0.4, 0.5) is 0 Å². The molecule has 1 aliphatic heterocycles. The van der Waals surface area contributed by atoms with Crippen molar-refractivity contribution in [2.24, 2.45) is 0 Å². The number of aromatic nitrogens is 2. The first kappa shape index (κ1) is 15.2. The zero-order valence-corrected chi connectivity index (χ0v) is 13.5. The van der Waals surface area contributed by atoms with E-state index in [1.165, 1.54) is 11.9 Å². The Bertz CT molecular complexity index is 541. The van der Waals surface area contributed by atoms with Crippen LogP contribution in [0.3, 0.4) is 0 Å². The fourth-order valence-corrected chi connectivity index (χ4v) is 3.03. The van der Waals surface area contributed by atoms with Gasteiger partial charge in [-0.25, -0.2) is 0 Å². The zero-order chi connectivity index (χ0) is 14.9. The van der Waals surface area contributed by atoms with Crippen LogP contribution in [0.2, 0.25) is 0 Å². The van der Waals surface area contributed by atoms with Gasteiger partial charge in [-0.1, -0.05) is 6.92 Å². The molecule has 1 fully saturated rings. The summed E-state index contributed by atoms with van der Waals surface area (Å²) in [4.78, 5) is 24.5. The number of halogens is 1. The highest BCUT2D eigenvalue weighted by molar-refractivity contribution is 9.10. The molecule has 1 N–H and O–H groups in total. The zero-order valence-electron chi connectivity index (χ0n) is 11.9. The minimum absolute atomic E-state index is 0.134. The number of hydrogen-bond donors (Lipinski definition) is 1. The van der Waals surface area contributed by atoms with Crippen LogP contribution < -0.4 is 5.32 Å². The SMILES string of the molecule is CCc1nn(CC)c(CNC2CC(=O)N(C)C2=O)c1Br. The molecule has 2 heterocycles. The summed E-state index contributed by atoms with van der Waals surface area (Å²) in [6, 6.07) is -0.426. The topological polar surface area (TPSA) is 67.2 Å². The first-order chi connectivity index (χ1) is 9.49. The number of nitrogens with one attached hydrogen (secondary N) is 1. The second-order valence-corrected chi connectivity index (χ2v) is 5.60. The Morgan fingerprint density at radius 1 is 1.40 bits per heavy atom. The molecule has 1 unspecified atom stereocenters. The smallest absolute Gasteiger partial charge is 0.246 e. The highest BCUT2D eigenvalue weighted by Gasteiger charge is 2.35. The molecule has 110 valence electrons. The van der Waals surface area contributed by atoms with Gasteiger partial charge in [0.05, 0.1) is 28.3 Å². The van der Waals surface area contributed by atoms with E-state index in [0.29, 0.717) is 6.54 Å². The fourth-order valence-electron chi connectivity index (χ4n) is 2.32. The van der Waals surface area contributed by atoms with Gasteiger partial charge in [-0.05, 0) is 29.3 Å². The van der Waals surface area contributed by atoms with Gasteiger partial charge in [-0.3, -0.25) is 24.5 Å². The fraction of sp³-hybridized carbons (Fsp3) is 0.615. The predicted octanol–water partition coefficient (Wildman–Crippen LogP) is 1.07. The maximum Gasteiger partial charge on any atom is 0.246 e. The van der Waals surface area contributed by atoms with Crippen LogP contribution in [0.15, 0.2) is 4.47 Å². The van der Waals surface area contributed by atoms with Crippen LogP contribution in [-0.2, 0) is 29.1 Å². The molecule has 1 aliphatic rings. The molecule has 7 heteroatoms. The molecule has 0 saturated carbocycles. The second kappa shape index (κ2) is 6.05. The van der Waals surface area contributed by atoms with E-state index in [1.54, 1.807) is 0 Å². The number of carbonyl (C=O) groups is 2. The van der Waals surface area contributed by atoms with Gasteiger partial charge in [-0.15, -0.1) is 0 Å². The molecule has 0 aliphatic carbocycles. The summed E-state index contributed by atoms with van der Waals surface area (Å²) < 4.78 is 2.90. The van der Waals surface area contributed by atoms with Gasteiger partial charge < -0.3 is 0 Å². The normalized spacial score (nSPS) is 19.2. The van der Waals surface area contributed by atoms with Gasteiger partial charge in [0.25, 0.3) is 0 Å². The van der Waals surface area contributed by atoms with Crippen LogP contribution in [0.25, 0.3) is 0 Å². The molecule has 0 radical (unpaired) electrons. The number of amides is 2. The van der Waals surface area contributed by atoms with Crippen molar-refractivity contribution in [3.8, 4) is 0 Å². The van der Waals surface area contributed by atoms with Gasteiger partial charge in [-0.2, -0.15) is 5.10 Å². The van der Waals surface area contributed by atoms with Crippen LogP contribution in [0.5, 0.6) is 0 Å². The van der Waals surface area contributed by atoms with E-state index in [0.717, 1.165) is 28.8 Å². The van der Waals surface area contributed by atoms with Gasteiger partial charge in [0.1, 0.15) is 0 Å². The molecular formula is C13H19BrN4O2. The first-order valence-electron chi connectivity index (χ1n) is 6.77. The molecule has 2 rings (SSSR count). The Kier molecular flexibility index (Phi) is 4.59. The average molecular weight is 343 g/mol. The first-order valence-corrected chi connectivity index (χ1v) is 7.56. The summed E-state index contributed by atoms with van der Waals surface area (Å²) in [5.74, 6) is -0.297. The Labute approximate surface area is 126 Å². The van der Waals surface area contributed by atoms with Crippen molar-refractivity contribution in [3.05, 3.63) is 15.9 Å². The van der Waals surface area contributed by atoms with Crippen LogP contribution >= 0.6 is 15.9 Å². The van der Waals surface area contributed by atoms with Gasteiger partial charge in [0.2, 0.25) is 11.8 Å². The number of carbonyl (C=O) groups excluding carboxylic acids is 2. The Balaban J connectivity index is 2.10. The minimum Gasteiger partial charge on any atom is -0.300 e. The maximum absolute atomic E-state index is 11.8. The Morgan fingerprint density at radius 3 is 2.60 bits per heavy atom. The molecular weight excluding hydrogens is 324 g/mol. The number of imide groups is 1. The lowest BCUT2D eigenvalue weighted by atomic mass is 10.2. The van der Waals surface area contributed by atoms with Gasteiger partial charge >= 0.3 is 0 Å². The predicted molar refractivity (Wildman–Crippen MR) is 78.0 cm³/mol. The van der Waals surface area contributed by atoms with E-state index < -0.39 is 6.04 Å². The van der Waals surface area contributed by atoms with Crippen LogP contribution in [-0.4, -0.2) is 39.6 Å². The quantitative estimate of drug-likeness (QED) is 0.813. The summed E-state index contributed by atoms with van der Waals surface area (Å²) >= 11 is 3.57. The number of nitrogens with zero attached hydrogens (tertiary/aromatic N) is 3. The summed E-state index contributed by atoms with van der Waals surface area (Å²) in [7, 11) is 1.52. The van der Waals surface area contributed by atoms with Crippen molar-refractivity contribution in [2.45, 2.75) is 45.8 Å². The van der Waals surface area contributed by atoms with Crippen LogP contribution in [0, 0.1) is 0 Å². The maximum atomic E-state index is 11.8. The van der Waals surface area contributed by atoms with Crippen molar-refractivity contribution < 1.29 is 9.59 Å². The molecule has 0 bridgehead atoms. The minimum atomic E-state index is -0.426. The molecule has 1 atom stereocenters. The van der Waals surface area contributed by atoms with E-state index in [2.05, 4.69) is 33.3 Å². The molecule has 0 aromatic carbocycles. The molecule has 1 aromatic heterocycles. The van der Waals surface area contributed by atoms with E-state index in [4.69, 9.17) is 0 Å². The number of aryl methyl sites for hydroxylation is 2. The summed E-state index contributed by atoms with van der Waals surface area (Å²) in [5.41, 5.74) is 2.02. The third-order valence-electron chi connectivity index (χ3n) is 3.59. The lowest BCUT2D eigenvalue weighted by Gasteiger charge is -2.12. The largest absolute Gasteiger partial charge is 0.300 e. The van der Waals surface area contributed by atoms with Crippen LogP contribution in [0.1, 0.15) is 31.7 Å². The van der Waals surface area contributed by atoms with Crippen molar-refractivity contribution in [2.75, 3.05) is 7.05 Å². The van der Waals surface area contributed by atoms with E-state index in [-0.39, 0.29) is 18.2 Å². The third-order valence-corrected chi connectivity index (χ3v) is 4.51. The number of rotatable bonds is 5. The summed E-state index contributed by atoms with van der Waals surface area (Å²) in [6.07, 6.45) is 1.08. The van der Waals surface area contributed by atoms with Crippen molar-refractivity contribution in [1.29, 1.82) is 0 Å². The van der Waals surface area contributed by atoms with E-state index in [1.807, 2.05) is 11.6 Å². The standard InChI is InChI=1S/C13H19BrN4O2/c1-4-8-12(14)10(18(5-2)16-8)7-15-9-6-11(19)17(3)13(9)20/h9,15H,4-7H2,1-3H3.